The van der Waals surface area contributed by atoms with E-state index in [0.717, 1.165) is 17.9 Å². The maximum absolute atomic E-state index is 5.72. The van der Waals surface area contributed by atoms with Crippen LogP contribution in [0.3, 0.4) is 0 Å². The van der Waals surface area contributed by atoms with Gasteiger partial charge in [-0.15, -0.1) is 0 Å². The molecule has 2 aromatic heterocycles. The Kier molecular flexibility index (Phi) is 3.69. The summed E-state index contributed by atoms with van der Waals surface area (Å²) in [5.41, 5.74) is 8.01. The molecule has 2 heterocycles. The number of rotatable bonds is 4. The predicted molar refractivity (Wildman–Crippen MR) is 75.8 cm³/mol. The lowest BCUT2D eigenvalue weighted by Crippen LogP contribution is -2.14. The highest BCUT2D eigenvalue weighted by Crippen LogP contribution is 2.27. The van der Waals surface area contributed by atoms with Crippen LogP contribution in [0.1, 0.15) is 49.5 Å². The van der Waals surface area contributed by atoms with Gasteiger partial charge < -0.3 is 10.3 Å². The lowest BCUT2D eigenvalue weighted by molar-refractivity contribution is 0.328. The molecule has 102 valence electrons. The summed E-state index contributed by atoms with van der Waals surface area (Å²) in [6.07, 6.45) is 10.8. The Morgan fingerprint density at radius 3 is 2.79 bits per heavy atom. The first kappa shape index (κ1) is 12.5. The van der Waals surface area contributed by atoms with Crippen LogP contribution < -0.4 is 5.73 Å². The Morgan fingerprint density at radius 2 is 2.00 bits per heavy atom. The average Bonchev–Trinajstić information content (AvgIpc) is 3.09. The summed E-state index contributed by atoms with van der Waals surface area (Å²) in [6.45, 7) is 1.40. The fourth-order valence-electron chi connectivity index (χ4n) is 2.97. The molecule has 4 nitrogen and oxygen atoms in total. The third-order valence-electron chi connectivity index (χ3n) is 4.08. The molecule has 0 atom stereocenters. The zero-order chi connectivity index (χ0) is 13.1. The van der Waals surface area contributed by atoms with Crippen LogP contribution in [-0.2, 0) is 13.1 Å². The van der Waals surface area contributed by atoms with E-state index in [1.54, 1.807) is 0 Å². The van der Waals surface area contributed by atoms with Crippen molar-refractivity contribution in [3.63, 3.8) is 0 Å². The molecule has 1 aliphatic carbocycles. The Bertz CT molecular complexity index is 520. The molecule has 3 rings (SSSR count). The zero-order valence-electron chi connectivity index (χ0n) is 11.3. The van der Waals surface area contributed by atoms with Crippen LogP contribution in [0.5, 0.6) is 0 Å². The van der Waals surface area contributed by atoms with E-state index in [1.807, 2.05) is 6.07 Å². The highest BCUT2D eigenvalue weighted by Gasteiger charge is 2.16. The molecule has 0 amide bonds. The number of nitrogens with zero attached hydrogens (tertiary/aromatic N) is 3. The largest absolute Gasteiger partial charge is 0.344 e. The van der Waals surface area contributed by atoms with Crippen molar-refractivity contribution in [2.45, 2.75) is 51.2 Å². The van der Waals surface area contributed by atoms with Gasteiger partial charge in [-0.3, -0.25) is 4.68 Å². The first-order chi connectivity index (χ1) is 9.36. The van der Waals surface area contributed by atoms with Crippen molar-refractivity contribution in [2.75, 3.05) is 0 Å². The van der Waals surface area contributed by atoms with Gasteiger partial charge in [-0.1, -0.05) is 19.3 Å². The Balaban J connectivity index is 1.70. The normalized spacial score (nSPS) is 16.9. The van der Waals surface area contributed by atoms with Crippen LogP contribution in [0, 0.1) is 0 Å². The van der Waals surface area contributed by atoms with Gasteiger partial charge in [0.05, 0.1) is 18.3 Å². The molecule has 0 radical (unpaired) electrons. The molecule has 1 saturated carbocycles. The monoisotopic (exact) mass is 258 g/mol. The number of aromatic nitrogens is 3. The fourth-order valence-corrected chi connectivity index (χ4v) is 2.97. The second-order valence-corrected chi connectivity index (χ2v) is 5.41. The van der Waals surface area contributed by atoms with E-state index in [4.69, 9.17) is 10.8 Å². The lowest BCUT2D eigenvalue weighted by Gasteiger charge is -2.21. The van der Waals surface area contributed by atoms with Gasteiger partial charge in [-0.2, -0.15) is 5.10 Å². The summed E-state index contributed by atoms with van der Waals surface area (Å²) >= 11 is 0. The standard InChI is InChI=1S/C15H22N4/c16-11-15-7-4-9-18(15)12-13-8-10-19(17-13)14-5-2-1-3-6-14/h4,7-10,14H,1-3,5-6,11-12,16H2. The smallest absolute Gasteiger partial charge is 0.0821 e. The van der Waals surface area contributed by atoms with Crippen molar-refractivity contribution in [1.82, 2.24) is 14.3 Å². The predicted octanol–water partition coefficient (Wildman–Crippen LogP) is 2.70. The van der Waals surface area contributed by atoms with Crippen LogP contribution in [0.15, 0.2) is 30.6 Å². The van der Waals surface area contributed by atoms with E-state index in [2.05, 4.69) is 33.8 Å². The van der Waals surface area contributed by atoms with Gasteiger partial charge in [-0.05, 0) is 31.0 Å². The Hall–Kier alpha value is -1.55. The van der Waals surface area contributed by atoms with Gasteiger partial charge in [0.2, 0.25) is 0 Å². The summed E-state index contributed by atoms with van der Waals surface area (Å²) in [7, 11) is 0. The highest BCUT2D eigenvalue weighted by molar-refractivity contribution is 5.10. The van der Waals surface area contributed by atoms with E-state index >= 15 is 0 Å². The van der Waals surface area contributed by atoms with Crippen molar-refractivity contribution >= 4 is 0 Å². The maximum atomic E-state index is 5.72. The minimum absolute atomic E-state index is 0.580. The zero-order valence-corrected chi connectivity index (χ0v) is 11.3. The molecule has 0 aliphatic heterocycles. The Morgan fingerprint density at radius 1 is 1.16 bits per heavy atom. The van der Waals surface area contributed by atoms with Crippen molar-refractivity contribution in [3.8, 4) is 0 Å². The molecule has 0 unspecified atom stereocenters. The van der Waals surface area contributed by atoms with Gasteiger partial charge in [0.1, 0.15) is 0 Å². The molecule has 2 N–H and O–H groups in total. The van der Waals surface area contributed by atoms with Crippen molar-refractivity contribution in [2.24, 2.45) is 5.73 Å². The maximum Gasteiger partial charge on any atom is 0.0821 e. The summed E-state index contributed by atoms with van der Waals surface area (Å²) < 4.78 is 4.34. The molecule has 0 bridgehead atoms. The summed E-state index contributed by atoms with van der Waals surface area (Å²) in [4.78, 5) is 0. The third-order valence-corrected chi connectivity index (χ3v) is 4.08. The van der Waals surface area contributed by atoms with Gasteiger partial charge in [0.25, 0.3) is 0 Å². The lowest BCUT2D eigenvalue weighted by atomic mass is 9.96. The van der Waals surface area contributed by atoms with Gasteiger partial charge in [-0.25, -0.2) is 0 Å². The summed E-state index contributed by atoms with van der Waals surface area (Å²) in [6, 6.07) is 6.86. The van der Waals surface area contributed by atoms with Crippen LogP contribution in [0.2, 0.25) is 0 Å². The highest BCUT2D eigenvalue weighted by atomic mass is 15.3. The van der Waals surface area contributed by atoms with E-state index in [9.17, 15) is 0 Å². The minimum atomic E-state index is 0.580. The molecule has 0 aromatic carbocycles. The second-order valence-electron chi connectivity index (χ2n) is 5.41. The molecular formula is C15H22N4. The summed E-state index contributed by atoms with van der Waals surface area (Å²) in [5, 5.41) is 4.74. The molecule has 4 heteroatoms. The Labute approximate surface area is 114 Å². The third kappa shape index (κ3) is 2.73. The molecule has 0 spiro atoms. The van der Waals surface area contributed by atoms with Crippen LogP contribution in [0.25, 0.3) is 0 Å². The molecule has 0 saturated heterocycles. The second kappa shape index (κ2) is 5.61. The first-order valence-corrected chi connectivity index (χ1v) is 7.25. The SMILES string of the molecule is NCc1cccn1Cc1ccn(C2CCCCC2)n1. The number of hydrogen-bond donors (Lipinski definition) is 1. The minimum Gasteiger partial charge on any atom is -0.344 e. The summed E-state index contributed by atoms with van der Waals surface area (Å²) in [5.74, 6) is 0. The first-order valence-electron chi connectivity index (χ1n) is 7.25. The van der Waals surface area contributed by atoms with Crippen molar-refractivity contribution in [3.05, 3.63) is 42.0 Å². The van der Waals surface area contributed by atoms with Crippen molar-refractivity contribution in [1.29, 1.82) is 0 Å². The van der Waals surface area contributed by atoms with Crippen LogP contribution >= 0.6 is 0 Å². The van der Waals surface area contributed by atoms with Crippen molar-refractivity contribution < 1.29 is 0 Å². The fraction of sp³-hybridized carbons (Fsp3) is 0.533. The van der Waals surface area contributed by atoms with E-state index in [0.29, 0.717) is 12.6 Å². The van der Waals surface area contributed by atoms with E-state index < -0.39 is 0 Å². The van der Waals surface area contributed by atoms with Crippen LogP contribution in [0.4, 0.5) is 0 Å². The van der Waals surface area contributed by atoms with Gasteiger partial charge in [0.15, 0.2) is 0 Å². The number of hydrogen-bond acceptors (Lipinski definition) is 2. The number of nitrogens with two attached hydrogens (primary N) is 1. The quantitative estimate of drug-likeness (QED) is 0.916. The molecule has 19 heavy (non-hydrogen) atoms. The van der Waals surface area contributed by atoms with Crippen LogP contribution in [-0.4, -0.2) is 14.3 Å². The topological polar surface area (TPSA) is 48.8 Å². The molecular weight excluding hydrogens is 236 g/mol. The molecule has 1 fully saturated rings. The average molecular weight is 258 g/mol. The molecule has 1 aliphatic rings. The van der Waals surface area contributed by atoms with E-state index in [1.165, 1.54) is 32.1 Å². The van der Waals surface area contributed by atoms with E-state index in [-0.39, 0.29) is 0 Å². The van der Waals surface area contributed by atoms with Gasteiger partial charge in [0, 0.05) is 24.6 Å². The van der Waals surface area contributed by atoms with Gasteiger partial charge >= 0.3 is 0 Å². The molecule has 2 aromatic rings.